The zero-order chi connectivity index (χ0) is 21.3. The van der Waals surface area contributed by atoms with Crippen LogP contribution < -0.4 is 5.32 Å². The molecule has 3 fully saturated rings. The minimum atomic E-state index is 0. The van der Waals surface area contributed by atoms with Crippen LogP contribution in [0.2, 0.25) is 0 Å². The summed E-state index contributed by atoms with van der Waals surface area (Å²) in [5.74, 6) is 2.78. The van der Waals surface area contributed by atoms with Gasteiger partial charge in [-0.3, -0.25) is 14.7 Å². The zero-order valence-corrected chi connectivity index (χ0v) is 22.4. The van der Waals surface area contributed by atoms with Crippen molar-refractivity contribution in [2.24, 2.45) is 16.8 Å². The third kappa shape index (κ3) is 8.68. The van der Waals surface area contributed by atoms with Gasteiger partial charge in [0.25, 0.3) is 0 Å². The lowest BCUT2D eigenvalue weighted by Gasteiger charge is -2.37. The van der Waals surface area contributed by atoms with Gasteiger partial charge in [0.2, 0.25) is 5.91 Å². The number of piperazine rings is 1. The molecule has 0 aromatic carbocycles. The summed E-state index contributed by atoms with van der Waals surface area (Å²) in [7, 11) is 0. The molecule has 1 amide bonds. The van der Waals surface area contributed by atoms with Gasteiger partial charge in [-0.25, -0.2) is 0 Å². The van der Waals surface area contributed by atoms with Crippen molar-refractivity contribution in [2.45, 2.75) is 46.5 Å². The number of nitrogens with one attached hydrogen (secondary N) is 1. The number of aliphatic imine (C=N–C) groups is 1. The number of likely N-dealkylation sites (tertiary alicyclic amines) is 2. The van der Waals surface area contributed by atoms with Crippen molar-refractivity contribution in [3.05, 3.63) is 0 Å². The number of hydrogen-bond donors (Lipinski definition) is 1. The number of carbonyl (C=O) groups is 1. The van der Waals surface area contributed by atoms with Crippen LogP contribution in [0.1, 0.15) is 46.5 Å². The van der Waals surface area contributed by atoms with E-state index >= 15 is 0 Å². The minimum Gasteiger partial charge on any atom is -0.357 e. The lowest BCUT2D eigenvalue weighted by Crippen LogP contribution is -2.54. The molecule has 0 aliphatic carbocycles. The Labute approximate surface area is 207 Å². The Morgan fingerprint density at radius 1 is 0.968 bits per heavy atom. The molecule has 31 heavy (non-hydrogen) atoms. The number of carbonyl (C=O) groups excluding carboxylic acids is 1. The number of nitrogens with zero attached hydrogens (tertiary/aromatic N) is 5. The summed E-state index contributed by atoms with van der Waals surface area (Å²) in [6.45, 7) is 18.5. The van der Waals surface area contributed by atoms with Crippen LogP contribution >= 0.6 is 24.0 Å². The number of guanidine groups is 1. The largest absolute Gasteiger partial charge is 0.357 e. The standard InChI is InChI=1S/C23H44N6O.HI/c1-4-24-23(25-16-21-8-7-9-27(18-21)17-20(2)3)29-14-12-26(13-15-29)19-22(30)28-10-5-6-11-28;/h20-21H,4-19H2,1-3H3,(H,24,25);1H. The van der Waals surface area contributed by atoms with Gasteiger partial charge in [-0.05, 0) is 51.0 Å². The highest BCUT2D eigenvalue weighted by Crippen LogP contribution is 2.18. The van der Waals surface area contributed by atoms with Crippen LogP contribution in [0.5, 0.6) is 0 Å². The number of hydrogen-bond acceptors (Lipinski definition) is 4. The Hall–Kier alpha value is -0.610. The summed E-state index contributed by atoms with van der Waals surface area (Å²) in [5.41, 5.74) is 0. The van der Waals surface area contributed by atoms with Crippen molar-refractivity contribution in [2.75, 3.05) is 78.5 Å². The maximum absolute atomic E-state index is 12.4. The molecule has 1 atom stereocenters. The highest BCUT2D eigenvalue weighted by molar-refractivity contribution is 14.0. The molecule has 3 rings (SSSR count). The van der Waals surface area contributed by atoms with Gasteiger partial charge in [-0.2, -0.15) is 0 Å². The van der Waals surface area contributed by atoms with Crippen molar-refractivity contribution < 1.29 is 4.79 Å². The molecule has 180 valence electrons. The molecule has 8 heteroatoms. The molecule has 0 aromatic rings. The molecule has 7 nitrogen and oxygen atoms in total. The summed E-state index contributed by atoms with van der Waals surface area (Å²) in [5, 5.41) is 3.50. The second-order valence-corrected chi connectivity index (χ2v) is 9.71. The number of piperidine rings is 1. The van der Waals surface area contributed by atoms with Crippen LogP contribution in [-0.2, 0) is 4.79 Å². The summed E-state index contributed by atoms with van der Waals surface area (Å²) in [6.07, 6.45) is 4.92. The third-order valence-corrected chi connectivity index (χ3v) is 6.55. The van der Waals surface area contributed by atoms with Crippen molar-refractivity contribution in [1.29, 1.82) is 0 Å². The van der Waals surface area contributed by atoms with E-state index < -0.39 is 0 Å². The molecule has 0 radical (unpaired) electrons. The summed E-state index contributed by atoms with van der Waals surface area (Å²) >= 11 is 0. The Balaban J connectivity index is 0.00000341. The predicted octanol–water partition coefficient (Wildman–Crippen LogP) is 2.18. The van der Waals surface area contributed by atoms with Crippen LogP contribution in [0.25, 0.3) is 0 Å². The van der Waals surface area contributed by atoms with E-state index in [-0.39, 0.29) is 24.0 Å². The maximum Gasteiger partial charge on any atom is 0.236 e. The van der Waals surface area contributed by atoms with Crippen LogP contribution in [0.3, 0.4) is 0 Å². The average Bonchev–Trinajstić information content (AvgIpc) is 3.27. The first-order valence-electron chi connectivity index (χ1n) is 12.3. The fourth-order valence-corrected chi connectivity index (χ4v) is 5.00. The first-order valence-corrected chi connectivity index (χ1v) is 12.3. The number of amides is 1. The van der Waals surface area contributed by atoms with Gasteiger partial charge in [0.15, 0.2) is 5.96 Å². The molecule has 1 unspecified atom stereocenters. The molecule has 3 aliphatic heterocycles. The van der Waals surface area contributed by atoms with E-state index in [1.54, 1.807) is 0 Å². The molecule has 0 bridgehead atoms. The number of halogens is 1. The first kappa shape index (κ1) is 26.6. The molecule has 3 aliphatic rings. The highest BCUT2D eigenvalue weighted by atomic mass is 127. The van der Waals surface area contributed by atoms with E-state index in [2.05, 4.69) is 40.8 Å². The van der Waals surface area contributed by atoms with Crippen LogP contribution in [0.4, 0.5) is 0 Å². The Morgan fingerprint density at radius 2 is 1.68 bits per heavy atom. The normalized spacial score (nSPS) is 23.9. The van der Waals surface area contributed by atoms with Crippen molar-refractivity contribution in [3.63, 3.8) is 0 Å². The van der Waals surface area contributed by atoms with Crippen molar-refractivity contribution in [3.8, 4) is 0 Å². The van der Waals surface area contributed by atoms with Gasteiger partial charge in [0.05, 0.1) is 6.54 Å². The van der Waals surface area contributed by atoms with Gasteiger partial charge in [-0.1, -0.05) is 13.8 Å². The molecule has 0 spiro atoms. The first-order chi connectivity index (χ1) is 14.5. The second kappa shape index (κ2) is 13.8. The van der Waals surface area contributed by atoms with E-state index in [0.717, 1.165) is 77.1 Å². The monoisotopic (exact) mass is 548 g/mol. The van der Waals surface area contributed by atoms with E-state index in [1.165, 1.54) is 32.5 Å². The maximum atomic E-state index is 12.4. The Morgan fingerprint density at radius 3 is 2.32 bits per heavy atom. The van der Waals surface area contributed by atoms with Gasteiger partial charge >= 0.3 is 0 Å². The van der Waals surface area contributed by atoms with E-state index in [9.17, 15) is 4.79 Å². The lowest BCUT2D eigenvalue weighted by molar-refractivity contribution is -0.131. The highest BCUT2D eigenvalue weighted by Gasteiger charge is 2.25. The lowest BCUT2D eigenvalue weighted by atomic mass is 9.97. The summed E-state index contributed by atoms with van der Waals surface area (Å²) in [4.78, 5) is 26.8. The van der Waals surface area contributed by atoms with Gasteiger partial charge in [0.1, 0.15) is 0 Å². The molecule has 0 aromatic heterocycles. The smallest absolute Gasteiger partial charge is 0.236 e. The van der Waals surface area contributed by atoms with Crippen LogP contribution in [-0.4, -0.2) is 110 Å². The van der Waals surface area contributed by atoms with Crippen molar-refractivity contribution >= 4 is 35.8 Å². The SMILES string of the molecule is CCNC(=NCC1CCCN(CC(C)C)C1)N1CCN(CC(=O)N2CCCC2)CC1.I. The van der Waals surface area contributed by atoms with Crippen molar-refractivity contribution in [1.82, 2.24) is 24.9 Å². The molecular weight excluding hydrogens is 503 g/mol. The molecule has 1 N–H and O–H groups in total. The van der Waals surface area contributed by atoms with Gasteiger partial charge < -0.3 is 20.0 Å². The molecule has 3 heterocycles. The van der Waals surface area contributed by atoms with Crippen LogP contribution in [0, 0.1) is 11.8 Å². The fraction of sp³-hybridized carbons (Fsp3) is 0.913. The van der Waals surface area contributed by atoms with E-state index in [1.807, 2.05) is 4.90 Å². The van der Waals surface area contributed by atoms with E-state index in [4.69, 9.17) is 4.99 Å². The minimum absolute atomic E-state index is 0. The topological polar surface area (TPSA) is 54.4 Å². The third-order valence-electron chi connectivity index (χ3n) is 6.55. The quantitative estimate of drug-likeness (QED) is 0.301. The Bertz CT molecular complexity index is 558. The average molecular weight is 549 g/mol. The summed E-state index contributed by atoms with van der Waals surface area (Å²) < 4.78 is 0. The second-order valence-electron chi connectivity index (χ2n) is 9.71. The predicted molar refractivity (Wildman–Crippen MR) is 139 cm³/mol. The van der Waals surface area contributed by atoms with E-state index in [0.29, 0.717) is 18.4 Å². The fourth-order valence-electron chi connectivity index (χ4n) is 5.00. The van der Waals surface area contributed by atoms with Gasteiger partial charge in [-0.15, -0.1) is 24.0 Å². The molecule has 3 saturated heterocycles. The molecular formula is C23H45IN6O. The van der Waals surface area contributed by atoms with Gasteiger partial charge in [0, 0.05) is 65.4 Å². The number of rotatable bonds is 7. The Kier molecular flexibility index (Phi) is 11.9. The summed E-state index contributed by atoms with van der Waals surface area (Å²) in [6, 6.07) is 0. The van der Waals surface area contributed by atoms with Crippen LogP contribution in [0.15, 0.2) is 4.99 Å². The molecule has 0 saturated carbocycles. The zero-order valence-electron chi connectivity index (χ0n) is 20.0.